The van der Waals surface area contributed by atoms with Crippen molar-refractivity contribution in [2.45, 2.75) is 44.7 Å². The molecule has 1 heterocycles. The molecule has 5 nitrogen and oxygen atoms in total. The van der Waals surface area contributed by atoms with Crippen molar-refractivity contribution in [1.82, 2.24) is 10.2 Å². The largest absolute Gasteiger partial charge is 0.480 e. The van der Waals surface area contributed by atoms with Gasteiger partial charge in [0.05, 0.1) is 13.2 Å². The molecule has 0 saturated carbocycles. The van der Waals surface area contributed by atoms with Gasteiger partial charge in [0, 0.05) is 12.6 Å². The Bertz CT molecular complexity index is 273. The number of hydrogen-bond donors (Lipinski definition) is 2. The first kappa shape index (κ1) is 15.4. The van der Waals surface area contributed by atoms with Crippen LogP contribution in [0.4, 0.5) is 0 Å². The van der Waals surface area contributed by atoms with Crippen molar-refractivity contribution < 1.29 is 14.6 Å². The van der Waals surface area contributed by atoms with Gasteiger partial charge in [0.1, 0.15) is 5.54 Å². The molecule has 0 spiro atoms. The molecule has 2 unspecified atom stereocenters. The normalized spacial score (nSPS) is 24.7. The Hall–Kier alpha value is -0.650. The van der Waals surface area contributed by atoms with E-state index in [4.69, 9.17) is 4.74 Å². The smallest absolute Gasteiger partial charge is 0.323 e. The van der Waals surface area contributed by atoms with Gasteiger partial charge in [0.25, 0.3) is 0 Å². The van der Waals surface area contributed by atoms with Crippen molar-refractivity contribution in [3.8, 4) is 0 Å². The molecule has 1 aliphatic rings. The topological polar surface area (TPSA) is 61.8 Å². The average molecular weight is 258 g/mol. The maximum atomic E-state index is 11.2. The molecule has 1 saturated heterocycles. The molecule has 0 aliphatic carbocycles. The van der Waals surface area contributed by atoms with Gasteiger partial charge >= 0.3 is 5.97 Å². The summed E-state index contributed by atoms with van der Waals surface area (Å²) < 4.78 is 5.46. The zero-order valence-electron chi connectivity index (χ0n) is 11.7. The van der Waals surface area contributed by atoms with Gasteiger partial charge in [-0.05, 0) is 39.8 Å². The summed E-state index contributed by atoms with van der Waals surface area (Å²) in [6, 6.07) is 0.490. The molecule has 1 aliphatic heterocycles. The molecule has 0 radical (unpaired) electrons. The van der Waals surface area contributed by atoms with Gasteiger partial charge in [0.2, 0.25) is 0 Å². The van der Waals surface area contributed by atoms with Crippen molar-refractivity contribution in [2.75, 3.05) is 33.4 Å². The highest BCUT2D eigenvalue weighted by atomic mass is 16.5. The second kappa shape index (κ2) is 7.07. The fraction of sp³-hybridized carbons (Fsp3) is 0.923. The molecule has 0 aromatic rings. The van der Waals surface area contributed by atoms with E-state index in [1.807, 2.05) is 0 Å². The van der Waals surface area contributed by atoms with Crippen LogP contribution < -0.4 is 5.32 Å². The van der Waals surface area contributed by atoms with Gasteiger partial charge in [-0.2, -0.15) is 0 Å². The van der Waals surface area contributed by atoms with Crippen LogP contribution in [-0.4, -0.2) is 60.9 Å². The van der Waals surface area contributed by atoms with E-state index < -0.39 is 11.5 Å². The van der Waals surface area contributed by atoms with Crippen LogP contribution in [0.15, 0.2) is 0 Å². The monoisotopic (exact) mass is 258 g/mol. The van der Waals surface area contributed by atoms with E-state index in [0.717, 1.165) is 39.1 Å². The SMILES string of the molecule is CCC1COCCN1CCCC(C)(NC)C(=O)O. The van der Waals surface area contributed by atoms with E-state index in [0.29, 0.717) is 12.5 Å². The molecule has 18 heavy (non-hydrogen) atoms. The third-order valence-corrected chi connectivity index (χ3v) is 3.97. The Morgan fingerprint density at radius 2 is 2.33 bits per heavy atom. The summed E-state index contributed by atoms with van der Waals surface area (Å²) in [5.74, 6) is -0.779. The summed E-state index contributed by atoms with van der Waals surface area (Å²) in [4.78, 5) is 13.6. The van der Waals surface area contributed by atoms with Gasteiger partial charge in [-0.15, -0.1) is 0 Å². The second-order valence-corrected chi connectivity index (χ2v) is 5.16. The molecular formula is C13H26N2O3. The first-order valence-corrected chi connectivity index (χ1v) is 6.77. The van der Waals surface area contributed by atoms with Crippen LogP contribution >= 0.6 is 0 Å². The number of rotatable bonds is 7. The molecule has 0 aromatic heterocycles. The molecule has 1 rings (SSSR count). The lowest BCUT2D eigenvalue weighted by Gasteiger charge is -2.35. The van der Waals surface area contributed by atoms with Crippen molar-refractivity contribution in [1.29, 1.82) is 0 Å². The van der Waals surface area contributed by atoms with Gasteiger partial charge in [0.15, 0.2) is 0 Å². The third kappa shape index (κ3) is 3.93. The summed E-state index contributed by atoms with van der Waals surface area (Å²) in [6.45, 7) is 7.42. The number of carbonyl (C=O) groups is 1. The van der Waals surface area contributed by atoms with Crippen LogP contribution in [0, 0.1) is 0 Å². The lowest BCUT2D eigenvalue weighted by Crippen LogP contribution is -2.49. The second-order valence-electron chi connectivity index (χ2n) is 5.16. The molecule has 1 fully saturated rings. The van der Waals surface area contributed by atoms with Crippen molar-refractivity contribution in [2.24, 2.45) is 0 Å². The Kier molecular flexibility index (Phi) is 6.05. The minimum Gasteiger partial charge on any atom is -0.480 e. The Balaban J connectivity index is 2.38. The minimum atomic E-state index is -0.812. The summed E-state index contributed by atoms with van der Waals surface area (Å²) in [5, 5.41) is 12.1. The summed E-state index contributed by atoms with van der Waals surface area (Å²) in [6.07, 6.45) is 2.62. The zero-order chi connectivity index (χ0) is 13.6. The van der Waals surface area contributed by atoms with E-state index in [-0.39, 0.29) is 0 Å². The first-order chi connectivity index (χ1) is 8.53. The molecule has 0 aromatic carbocycles. The average Bonchev–Trinajstić information content (AvgIpc) is 2.38. The van der Waals surface area contributed by atoms with Gasteiger partial charge in [-0.25, -0.2) is 0 Å². The quantitative estimate of drug-likeness (QED) is 0.711. The van der Waals surface area contributed by atoms with Crippen LogP contribution in [0.5, 0.6) is 0 Å². The Morgan fingerprint density at radius 3 is 2.89 bits per heavy atom. The molecule has 106 valence electrons. The molecule has 2 N–H and O–H groups in total. The van der Waals surface area contributed by atoms with Crippen LogP contribution in [-0.2, 0) is 9.53 Å². The van der Waals surface area contributed by atoms with E-state index in [2.05, 4.69) is 17.1 Å². The van der Waals surface area contributed by atoms with Crippen LogP contribution in [0.3, 0.4) is 0 Å². The van der Waals surface area contributed by atoms with E-state index in [9.17, 15) is 9.90 Å². The third-order valence-electron chi connectivity index (χ3n) is 3.97. The maximum Gasteiger partial charge on any atom is 0.323 e. The number of likely N-dealkylation sites (N-methyl/N-ethyl adjacent to an activating group) is 1. The number of carboxylic acid groups (broad SMARTS) is 1. The standard InChI is InChI=1S/C13H26N2O3/c1-4-11-10-18-9-8-15(11)7-5-6-13(2,14-3)12(16)17/h11,14H,4-10H2,1-3H3,(H,16,17). The van der Waals surface area contributed by atoms with Crippen molar-refractivity contribution in [3.05, 3.63) is 0 Å². The van der Waals surface area contributed by atoms with E-state index in [1.54, 1.807) is 14.0 Å². The van der Waals surface area contributed by atoms with Crippen LogP contribution in [0.2, 0.25) is 0 Å². The number of aliphatic carboxylic acids is 1. The predicted molar refractivity (Wildman–Crippen MR) is 70.8 cm³/mol. The highest BCUT2D eigenvalue weighted by Gasteiger charge is 2.31. The zero-order valence-corrected chi connectivity index (χ0v) is 11.7. The highest BCUT2D eigenvalue weighted by Crippen LogP contribution is 2.16. The van der Waals surface area contributed by atoms with Gasteiger partial charge in [-0.3, -0.25) is 9.69 Å². The predicted octanol–water partition coefficient (Wildman–Crippen LogP) is 0.940. The number of nitrogens with zero attached hydrogens (tertiary/aromatic N) is 1. The number of carboxylic acids is 1. The number of morpholine rings is 1. The lowest BCUT2D eigenvalue weighted by atomic mass is 9.96. The Morgan fingerprint density at radius 1 is 1.61 bits per heavy atom. The first-order valence-electron chi connectivity index (χ1n) is 6.77. The summed E-state index contributed by atoms with van der Waals surface area (Å²) in [5.41, 5.74) is -0.812. The van der Waals surface area contributed by atoms with Crippen LogP contribution in [0.1, 0.15) is 33.1 Å². The number of nitrogens with one attached hydrogen (secondary N) is 1. The molecular weight excluding hydrogens is 232 g/mol. The summed E-state index contributed by atoms with van der Waals surface area (Å²) >= 11 is 0. The lowest BCUT2D eigenvalue weighted by molar-refractivity contribution is -0.144. The van der Waals surface area contributed by atoms with E-state index in [1.165, 1.54) is 0 Å². The minimum absolute atomic E-state index is 0.490. The highest BCUT2D eigenvalue weighted by molar-refractivity contribution is 5.78. The fourth-order valence-corrected chi connectivity index (χ4v) is 2.33. The number of ether oxygens (including phenoxy) is 1. The summed E-state index contributed by atoms with van der Waals surface area (Å²) in [7, 11) is 1.71. The van der Waals surface area contributed by atoms with Crippen molar-refractivity contribution >= 4 is 5.97 Å². The molecule has 0 bridgehead atoms. The van der Waals surface area contributed by atoms with Crippen molar-refractivity contribution in [3.63, 3.8) is 0 Å². The molecule has 5 heteroatoms. The van der Waals surface area contributed by atoms with Crippen LogP contribution in [0.25, 0.3) is 0 Å². The Labute approximate surface area is 109 Å². The van der Waals surface area contributed by atoms with Gasteiger partial charge < -0.3 is 15.2 Å². The molecule has 0 amide bonds. The van der Waals surface area contributed by atoms with E-state index >= 15 is 0 Å². The maximum absolute atomic E-state index is 11.2. The molecule has 2 atom stereocenters. The van der Waals surface area contributed by atoms with Gasteiger partial charge in [-0.1, -0.05) is 6.92 Å². The fourth-order valence-electron chi connectivity index (χ4n) is 2.33. The number of hydrogen-bond acceptors (Lipinski definition) is 4.